The van der Waals surface area contributed by atoms with E-state index in [0.717, 1.165) is 62.5 Å². The Kier molecular flexibility index (Phi) is 4.79. The highest BCUT2D eigenvalue weighted by molar-refractivity contribution is 5.94. The molecule has 0 heterocycles. The van der Waals surface area contributed by atoms with Crippen molar-refractivity contribution in [2.75, 3.05) is 0 Å². The van der Waals surface area contributed by atoms with Crippen molar-refractivity contribution in [1.82, 2.24) is 0 Å². The lowest BCUT2D eigenvalue weighted by Crippen LogP contribution is -2.13. The molecule has 23 heavy (non-hydrogen) atoms. The standard InChI is InChI=1S/C19H26O4/c20-17-15(13-9-5-2-6-10-13)11-14(12-7-3-1-4-8-12)16(18(17)21)19(22)23/h11-13,20-21H,1-10H2,(H,22,23). The SMILES string of the molecule is O=C(O)c1c(C2CCCCC2)cc(C2CCCCC2)c(O)c1O. The molecule has 2 fully saturated rings. The molecule has 0 unspecified atom stereocenters. The Morgan fingerprint density at radius 3 is 1.74 bits per heavy atom. The predicted octanol–water partition coefficient (Wildman–Crippen LogP) is 4.89. The van der Waals surface area contributed by atoms with Crippen LogP contribution in [-0.4, -0.2) is 21.3 Å². The molecule has 0 atom stereocenters. The quantitative estimate of drug-likeness (QED) is 0.693. The van der Waals surface area contributed by atoms with E-state index in [1.807, 2.05) is 6.07 Å². The highest BCUT2D eigenvalue weighted by atomic mass is 16.4. The predicted molar refractivity (Wildman–Crippen MR) is 88.4 cm³/mol. The normalized spacial score (nSPS) is 20.5. The fourth-order valence-electron chi connectivity index (χ4n) is 4.39. The zero-order chi connectivity index (χ0) is 16.4. The Bertz CT molecular complexity index is 582. The number of aromatic carboxylic acids is 1. The van der Waals surface area contributed by atoms with Crippen LogP contribution in [0.1, 0.15) is 97.5 Å². The van der Waals surface area contributed by atoms with E-state index in [-0.39, 0.29) is 23.1 Å². The van der Waals surface area contributed by atoms with E-state index in [0.29, 0.717) is 0 Å². The zero-order valence-corrected chi connectivity index (χ0v) is 13.6. The molecule has 4 heteroatoms. The third-order valence-electron chi connectivity index (χ3n) is 5.64. The maximum Gasteiger partial charge on any atom is 0.339 e. The second-order valence-electron chi connectivity index (χ2n) is 7.10. The molecular weight excluding hydrogens is 292 g/mol. The number of carboxylic acids is 1. The summed E-state index contributed by atoms with van der Waals surface area (Å²) in [4.78, 5) is 11.7. The summed E-state index contributed by atoms with van der Waals surface area (Å²) in [6.07, 6.45) is 10.8. The van der Waals surface area contributed by atoms with E-state index in [2.05, 4.69) is 0 Å². The van der Waals surface area contributed by atoms with Crippen LogP contribution in [0.15, 0.2) is 6.07 Å². The first-order valence-electron chi connectivity index (χ1n) is 8.91. The topological polar surface area (TPSA) is 77.8 Å². The molecule has 0 spiro atoms. The third kappa shape index (κ3) is 3.17. The Labute approximate surface area is 137 Å². The summed E-state index contributed by atoms with van der Waals surface area (Å²) in [7, 11) is 0. The Balaban J connectivity index is 2.07. The maximum absolute atomic E-state index is 11.7. The fourth-order valence-corrected chi connectivity index (χ4v) is 4.39. The Hall–Kier alpha value is -1.71. The van der Waals surface area contributed by atoms with Crippen LogP contribution in [0.25, 0.3) is 0 Å². The van der Waals surface area contributed by atoms with Gasteiger partial charge in [0.15, 0.2) is 11.5 Å². The number of carboxylic acid groups (broad SMARTS) is 1. The third-order valence-corrected chi connectivity index (χ3v) is 5.64. The molecule has 0 radical (unpaired) electrons. The average Bonchev–Trinajstić information content (AvgIpc) is 2.58. The second-order valence-corrected chi connectivity index (χ2v) is 7.10. The molecule has 0 amide bonds. The molecule has 0 saturated heterocycles. The van der Waals surface area contributed by atoms with Crippen molar-refractivity contribution < 1.29 is 20.1 Å². The van der Waals surface area contributed by atoms with Gasteiger partial charge in [0, 0.05) is 5.56 Å². The summed E-state index contributed by atoms with van der Waals surface area (Å²) in [5.74, 6) is -1.37. The smallest absolute Gasteiger partial charge is 0.339 e. The van der Waals surface area contributed by atoms with Gasteiger partial charge in [0.05, 0.1) is 0 Å². The molecule has 126 valence electrons. The number of aromatic hydroxyl groups is 2. The van der Waals surface area contributed by atoms with Crippen molar-refractivity contribution in [3.05, 3.63) is 22.8 Å². The lowest BCUT2D eigenvalue weighted by atomic mass is 9.77. The first-order chi connectivity index (χ1) is 11.1. The highest BCUT2D eigenvalue weighted by Gasteiger charge is 2.30. The summed E-state index contributed by atoms with van der Waals surface area (Å²) >= 11 is 0. The summed E-state index contributed by atoms with van der Waals surface area (Å²) in [5, 5.41) is 30.3. The lowest BCUT2D eigenvalue weighted by molar-refractivity contribution is 0.0690. The molecule has 2 aliphatic rings. The zero-order valence-electron chi connectivity index (χ0n) is 13.6. The molecule has 3 N–H and O–H groups in total. The van der Waals surface area contributed by atoms with Crippen LogP contribution in [0, 0.1) is 0 Å². The first kappa shape index (κ1) is 16.2. The number of phenols is 2. The van der Waals surface area contributed by atoms with Gasteiger partial charge in [-0.3, -0.25) is 0 Å². The van der Waals surface area contributed by atoms with Gasteiger partial charge in [0.25, 0.3) is 0 Å². The molecule has 1 aromatic carbocycles. The molecule has 0 aromatic heterocycles. The summed E-state index contributed by atoms with van der Waals surface area (Å²) in [5.41, 5.74) is 1.40. The Morgan fingerprint density at radius 1 is 0.783 bits per heavy atom. The minimum absolute atomic E-state index is 0.0889. The minimum atomic E-state index is -1.14. The number of benzene rings is 1. The van der Waals surface area contributed by atoms with E-state index in [1.54, 1.807) is 0 Å². The lowest BCUT2D eigenvalue weighted by Gasteiger charge is -2.28. The van der Waals surface area contributed by atoms with Gasteiger partial charge in [0.2, 0.25) is 0 Å². The van der Waals surface area contributed by atoms with E-state index < -0.39 is 11.7 Å². The minimum Gasteiger partial charge on any atom is -0.504 e. The van der Waals surface area contributed by atoms with E-state index in [9.17, 15) is 20.1 Å². The van der Waals surface area contributed by atoms with Crippen LogP contribution >= 0.6 is 0 Å². The molecule has 0 bridgehead atoms. The Morgan fingerprint density at radius 2 is 1.26 bits per heavy atom. The molecule has 2 saturated carbocycles. The van der Waals surface area contributed by atoms with Gasteiger partial charge in [-0.15, -0.1) is 0 Å². The average molecular weight is 318 g/mol. The van der Waals surface area contributed by atoms with Crippen LogP contribution in [-0.2, 0) is 0 Å². The van der Waals surface area contributed by atoms with Crippen LogP contribution < -0.4 is 0 Å². The fraction of sp³-hybridized carbons (Fsp3) is 0.632. The maximum atomic E-state index is 11.7. The monoisotopic (exact) mass is 318 g/mol. The van der Waals surface area contributed by atoms with Gasteiger partial charge in [-0.2, -0.15) is 0 Å². The summed E-state index contributed by atoms with van der Waals surface area (Å²) < 4.78 is 0. The largest absolute Gasteiger partial charge is 0.504 e. The van der Waals surface area contributed by atoms with Crippen LogP contribution in [0.2, 0.25) is 0 Å². The van der Waals surface area contributed by atoms with Gasteiger partial charge in [-0.1, -0.05) is 44.6 Å². The molecule has 3 rings (SSSR count). The highest BCUT2D eigenvalue weighted by Crippen LogP contribution is 2.47. The van der Waals surface area contributed by atoms with Crippen LogP contribution in [0.3, 0.4) is 0 Å². The molecular formula is C19H26O4. The molecule has 4 nitrogen and oxygen atoms in total. The van der Waals surface area contributed by atoms with Crippen molar-refractivity contribution in [2.45, 2.75) is 76.0 Å². The van der Waals surface area contributed by atoms with Gasteiger partial charge < -0.3 is 15.3 Å². The number of phenolic OH excluding ortho intramolecular Hbond substituents is 1. The van der Waals surface area contributed by atoms with Gasteiger partial charge in [0.1, 0.15) is 5.56 Å². The van der Waals surface area contributed by atoms with Crippen molar-refractivity contribution >= 4 is 5.97 Å². The van der Waals surface area contributed by atoms with Crippen molar-refractivity contribution in [3.8, 4) is 11.5 Å². The second kappa shape index (κ2) is 6.81. The van der Waals surface area contributed by atoms with Crippen LogP contribution in [0.4, 0.5) is 0 Å². The van der Waals surface area contributed by atoms with Gasteiger partial charge >= 0.3 is 5.97 Å². The van der Waals surface area contributed by atoms with E-state index >= 15 is 0 Å². The van der Waals surface area contributed by atoms with Gasteiger partial charge in [-0.25, -0.2) is 4.79 Å². The van der Waals surface area contributed by atoms with Crippen LogP contribution in [0.5, 0.6) is 11.5 Å². The summed E-state index contributed by atoms with van der Waals surface area (Å²) in [6, 6.07) is 1.89. The van der Waals surface area contributed by atoms with Crippen molar-refractivity contribution in [2.24, 2.45) is 0 Å². The number of rotatable bonds is 3. The van der Waals surface area contributed by atoms with Crippen molar-refractivity contribution in [1.29, 1.82) is 0 Å². The number of hydrogen-bond donors (Lipinski definition) is 3. The van der Waals surface area contributed by atoms with Crippen molar-refractivity contribution in [3.63, 3.8) is 0 Å². The van der Waals surface area contributed by atoms with E-state index in [4.69, 9.17) is 0 Å². The molecule has 2 aliphatic carbocycles. The van der Waals surface area contributed by atoms with E-state index in [1.165, 1.54) is 12.8 Å². The molecule has 1 aromatic rings. The molecule has 0 aliphatic heterocycles. The number of carbonyl (C=O) groups is 1. The first-order valence-corrected chi connectivity index (χ1v) is 8.91. The number of hydrogen-bond acceptors (Lipinski definition) is 3. The summed E-state index contributed by atoms with van der Waals surface area (Å²) in [6.45, 7) is 0. The van der Waals surface area contributed by atoms with Gasteiger partial charge in [-0.05, 0) is 43.1 Å².